The summed E-state index contributed by atoms with van der Waals surface area (Å²) in [6, 6.07) is 5.91. The third-order valence-electron chi connectivity index (χ3n) is 2.99. The average Bonchev–Trinajstić information content (AvgIpc) is 2.42. The SMILES string of the molecule is COc1cccc(C(CN)NCCN(C)C)c1OC. The maximum Gasteiger partial charge on any atom is 0.165 e. The molecule has 0 saturated carbocycles. The van der Waals surface area contributed by atoms with Gasteiger partial charge in [0.05, 0.1) is 14.2 Å². The van der Waals surface area contributed by atoms with E-state index in [9.17, 15) is 0 Å². The molecular formula is C14H25N3O2. The van der Waals surface area contributed by atoms with E-state index in [1.54, 1.807) is 14.2 Å². The third kappa shape index (κ3) is 4.38. The number of hydrogen-bond acceptors (Lipinski definition) is 5. The highest BCUT2D eigenvalue weighted by Gasteiger charge is 2.17. The van der Waals surface area contributed by atoms with Crippen molar-refractivity contribution in [3.05, 3.63) is 23.8 Å². The van der Waals surface area contributed by atoms with Gasteiger partial charge in [0.25, 0.3) is 0 Å². The summed E-state index contributed by atoms with van der Waals surface area (Å²) >= 11 is 0. The maximum absolute atomic E-state index is 5.86. The number of methoxy groups -OCH3 is 2. The van der Waals surface area contributed by atoms with Gasteiger partial charge in [-0.05, 0) is 20.2 Å². The fourth-order valence-electron chi connectivity index (χ4n) is 1.97. The zero-order valence-corrected chi connectivity index (χ0v) is 12.3. The van der Waals surface area contributed by atoms with Crippen molar-refractivity contribution in [1.82, 2.24) is 10.2 Å². The van der Waals surface area contributed by atoms with E-state index in [1.807, 2.05) is 32.3 Å². The van der Waals surface area contributed by atoms with Gasteiger partial charge in [-0.3, -0.25) is 0 Å². The van der Waals surface area contributed by atoms with E-state index in [1.165, 1.54) is 0 Å². The molecule has 5 nitrogen and oxygen atoms in total. The molecule has 3 N–H and O–H groups in total. The van der Waals surface area contributed by atoms with Gasteiger partial charge in [0.15, 0.2) is 11.5 Å². The van der Waals surface area contributed by atoms with Crippen LogP contribution in [0.1, 0.15) is 11.6 Å². The van der Waals surface area contributed by atoms with E-state index in [-0.39, 0.29) is 6.04 Å². The normalized spacial score (nSPS) is 12.5. The van der Waals surface area contributed by atoms with E-state index in [0.717, 1.165) is 30.2 Å². The molecule has 0 bridgehead atoms. The summed E-state index contributed by atoms with van der Waals surface area (Å²) in [5.74, 6) is 1.48. The Bertz CT molecular complexity index is 383. The van der Waals surface area contributed by atoms with Gasteiger partial charge in [-0.2, -0.15) is 0 Å². The standard InChI is InChI=1S/C14H25N3O2/c1-17(2)9-8-16-12(10-15)11-6-5-7-13(18-3)14(11)19-4/h5-7,12,16H,8-10,15H2,1-4H3. The number of hydrogen-bond donors (Lipinski definition) is 2. The summed E-state index contributed by atoms with van der Waals surface area (Å²) in [5.41, 5.74) is 6.89. The molecule has 0 aliphatic carbocycles. The first kappa shape index (κ1) is 15.8. The highest BCUT2D eigenvalue weighted by atomic mass is 16.5. The van der Waals surface area contributed by atoms with Crippen LogP contribution in [0, 0.1) is 0 Å². The molecule has 0 radical (unpaired) electrons. The lowest BCUT2D eigenvalue weighted by molar-refractivity contribution is 0.343. The fourth-order valence-corrected chi connectivity index (χ4v) is 1.97. The molecule has 0 aliphatic heterocycles. The van der Waals surface area contributed by atoms with E-state index in [2.05, 4.69) is 10.2 Å². The van der Waals surface area contributed by atoms with E-state index < -0.39 is 0 Å². The molecule has 0 amide bonds. The summed E-state index contributed by atoms with van der Waals surface area (Å²) in [6.45, 7) is 2.34. The smallest absolute Gasteiger partial charge is 0.165 e. The molecule has 0 heterocycles. The Labute approximate surface area is 115 Å². The molecule has 19 heavy (non-hydrogen) atoms. The van der Waals surface area contributed by atoms with Gasteiger partial charge in [-0.1, -0.05) is 12.1 Å². The van der Waals surface area contributed by atoms with Crippen LogP contribution in [0.2, 0.25) is 0 Å². The number of ether oxygens (including phenoxy) is 2. The Kier molecular flexibility index (Phi) is 6.62. The quantitative estimate of drug-likeness (QED) is 0.731. The van der Waals surface area contributed by atoms with Gasteiger partial charge in [-0.25, -0.2) is 0 Å². The van der Waals surface area contributed by atoms with Gasteiger partial charge < -0.3 is 25.4 Å². The van der Waals surface area contributed by atoms with E-state index >= 15 is 0 Å². The number of para-hydroxylation sites is 1. The second kappa shape index (κ2) is 7.99. The zero-order valence-electron chi connectivity index (χ0n) is 12.3. The van der Waals surface area contributed by atoms with Gasteiger partial charge in [0, 0.05) is 31.2 Å². The average molecular weight is 267 g/mol. The van der Waals surface area contributed by atoms with Crippen LogP contribution in [0.5, 0.6) is 11.5 Å². The van der Waals surface area contributed by atoms with Crippen molar-refractivity contribution in [2.24, 2.45) is 5.73 Å². The molecular weight excluding hydrogens is 242 g/mol. The number of benzene rings is 1. The highest BCUT2D eigenvalue weighted by molar-refractivity contribution is 5.48. The lowest BCUT2D eigenvalue weighted by Crippen LogP contribution is -2.33. The third-order valence-corrected chi connectivity index (χ3v) is 2.99. The van der Waals surface area contributed by atoms with E-state index in [4.69, 9.17) is 15.2 Å². The van der Waals surface area contributed by atoms with Crippen LogP contribution >= 0.6 is 0 Å². The lowest BCUT2D eigenvalue weighted by atomic mass is 10.0. The van der Waals surface area contributed by atoms with Crippen LogP contribution in [0.15, 0.2) is 18.2 Å². The van der Waals surface area contributed by atoms with Crippen molar-refractivity contribution in [3.8, 4) is 11.5 Å². The minimum absolute atomic E-state index is 0.0602. The Morgan fingerprint density at radius 3 is 2.53 bits per heavy atom. The predicted molar refractivity (Wildman–Crippen MR) is 77.9 cm³/mol. The maximum atomic E-state index is 5.86. The van der Waals surface area contributed by atoms with Crippen LogP contribution in [0.3, 0.4) is 0 Å². The summed E-state index contributed by atoms with van der Waals surface area (Å²) in [6.07, 6.45) is 0. The predicted octanol–water partition coefficient (Wildman–Crippen LogP) is 0.855. The summed E-state index contributed by atoms with van der Waals surface area (Å²) < 4.78 is 10.8. The molecule has 108 valence electrons. The van der Waals surface area contributed by atoms with Crippen molar-refractivity contribution in [3.63, 3.8) is 0 Å². The zero-order chi connectivity index (χ0) is 14.3. The molecule has 0 spiro atoms. The molecule has 1 atom stereocenters. The molecule has 0 saturated heterocycles. The van der Waals surface area contributed by atoms with Crippen LogP contribution < -0.4 is 20.5 Å². The topological polar surface area (TPSA) is 59.8 Å². The fraction of sp³-hybridized carbons (Fsp3) is 0.571. The van der Waals surface area contributed by atoms with E-state index in [0.29, 0.717) is 6.54 Å². The van der Waals surface area contributed by atoms with Gasteiger partial charge in [0.1, 0.15) is 0 Å². The molecule has 0 aliphatic rings. The Morgan fingerprint density at radius 1 is 1.26 bits per heavy atom. The molecule has 5 heteroatoms. The van der Waals surface area contributed by atoms with Gasteiger partial charge in [0.2, 0.25) is 0 Å². The second-order valence-electron chi connectivity index (χ2n) is 4.63. The highest BCUT2D eigenvalue weighted by Crippen LogP contribution is 2.34. The van der Waals surface area contributed by atoms with Crippen LogP contribution in [-0.4, -0.2) is 52.8 Å². The Morgan fingerprint density at radius 2 is 2.00 bits per heavy atom. The monoisotopic (exact) mass is 267 g/mol. The largest absolute Gasteiger partial charge is 0.493 e. The van der Waals surface area contributed by atoms with Gasteiger partial charge in [-0.15, -0.1) is 0 Å². The number of nitrogens with two attached hydrogens (primary N) is 1. The van der Waals surface area contributed by atoms with Crippen molar-refractivity contribution in [2.75, 3.05) is 47.9 Å². The van der Waals surface area contributed by atoms with Crippen LogP contribution in [-0.2, 0) is 0 Å². The minimum Gasteiger partial charge on any atom is -0.493 e. The second-order valence-corrected chi connectivity index (χ2v) is 4.63. The van der Waals surface area contributed by atoms with Crippen molar-refractivity contribution >= 4 is 0 Å². The number of nitrogens with one attached hydrogen (secondary N) is 1. The van der Waals surface area contributed by atoms with Crippen LogP contribution in [0.25, 0.3) is 0 Å². The van der Waals surface area contributed by atoms with Crippen molar-refractivity contribution in [2.45, 2.75) is 6.04 Å². The summed E-state index contributed by atoms with van der Waals surface area (Å²) in [7, 11) is 7.38. The van der Waals surface area contributed by atoms with Gasteiger partial charge >= 0.3 is 0 Å². The first-order valence-corrected chi connectivity index (χ1v) is 6.43. The molecule has 1 aromatic rings. The van der Waals surface area contributed by atoms with Crippen molar-refractivity contribution < 1.29 is 9.47 Å². The molecule has 0 fully saturated rings. The Balaban J connectivity index is 2.85. The summed E-state index contributed by atoms with van der Waals surface area (Å²) in [5, 5.41) is 3.44. The molecule has 1 rings (SSSR count). The van der Waals surface area contributed by atoms with Crippen molar-refractivity contribution in [1.29, 1.82) is 0 Å². The summed E-state index contributed by atoms with van der Waals surface area (Å²) in [4.78, 5) is 2.13. The Hall–Kier alpha value is -1.30. The first-order chi connectivity index (χ1) is 9.13. The van der Waals surface area contributed by atoms with Crippen LogP contribution in [0.4, 0.5) is 0 Å². The first-order valence-electron chi connectivity index (χ1n) is 6.43. The molecule has 1 aromatic carbocycles. The number of likely N-dealkylation sites (N-methyl/N-ethyl adjacent to an activating group) is 1. The molecule has 0 aromatic heterocycles. The molecule has 1 unspecified atom stereocenters. The minimum atomic E-state index is 0.0602. The lowest BCUT2D eigenvalue weighted by Gasteiger charge is -2.22. The number of rotatable bonds is 8. The number of nitrogens with zero attached hydrogens (tertiary/aromatic N) is 1.